The third-order valence-corrected chi connectivity index (χ3v) is 3.09. The molecule has 112 valence electrons. The molecule has 1 saturated carbocycles. The minimum absolute atomic E-state index is 0.0111. The number of aliphatic hydroxyl groups excluding tert-OH is 1. The molecule has 0 bridgehead atoms. The largest absolute Gasteiger partial charge is 0.506 e. The first-order valence-corrected chi connectivity index (χ1v) is 6.17. The van der Waals surface area contributed by atoms with Crippen LogP contribution in [-0.2, 0) is 4.79 Å². The van der Waals surface area contributed by atoms with Crippen LogP contribution >= 0.6 is 0 Å². The van der Waals surface area contributed by atoms with Gasteiger partial charge in [-0.1, -0.05) is 0 Å². The van der Waals surface area contributed by atoms with Crippen molar-refractivity contribution in [2.24, 2.45) is 4.99 Å². The highest BCUT2D eigenvalue weighted by atomic mass is 19.2. The summed E-state index contributed by atoms with van der Waals surface area (Å²) >= 11 is 0. The summed E-state index contributed by atoms with van der Waals surface area (Å²) < 4.78 is 40.3. The summed E-state index contributed by atoms with van der Waals surface area (Å²) in [5.74, 6) is -6.53. The van der Waals surface area contributed by atoms with Gasteiger partial charge in [0.2, 0.25) is 0 Å². The maximum atomic E-state index is 13.7. The normalized spacial score (nSPS) is 16.2. The first kappa shape index (κ1) is 15.1. The van der Waals surface area contributed by atoms with Crippen LogP contribution in [-0.4, -0.2) is 28.4 Å². The van der Waals surface area contributed by atoms with E-state index in [-0.39, 0.29) is 12.1 Å². The van der Waals surface area contributed by atoms with Crippen LogP contribution in [0.15, 0.2) is 16.6 Å². The molecule has 1 aromatic carbocycles. The maximum Gasteiger partial charge on any atom is 0.341 e. The van der Waals surface area contributed by atoms with E-state index in [1.165, 1.54) is 0 Å². The number of carboxylic acids is 1. The Hall–Kier alpha value is -2.31. The Morgan fingerprint density at radius 3 is 2.43 bits per heavy atom. The van der Waals surface area contributed by atoms with E-state index in [1.54, 1.807) is 0 Å². The number of halogens is 3. The van der Waals surface area contributed by atoms with Gasteiger partial charge in [-0.05, 0) is 19.8 Å². The fraction of sp³-hybridized carbons (Fsp3) is 0.286. The molecular formula is C14H12F3NO3. The molecule has 0 unspecified atom stereocenters. The van der Waals surface area contributed by atoms with E-state index in [1.807, 2.05) is 0 Å². The monoisotopic (exact) mass is 299 g/mol. The molecule has 1 fully saturated rings. The second kappa shape index (κ2) is 5.59. The van der Waals surface area contributed by atoms with E-state index in [0.29, 0.717) is 0 Å². The van der Waals surface area contributed by atoms with Gasteiger partial charge in [-0.2, -0.15) is 0 Å². The Balaban J connectivity index is 2.58. The van der Waals surface area contributed by atoms with Gasteiger partial charge in [0.15, 0.2) is 11.6 Å². The van der Waals surface area contributed by atoms with Crippen LogP contribution in [0.4, 0.5) is 13.2 Å². The second-order valence-electron chi connectivity index (χ2n) is 4.73. The number of aliphatic imine (C=N–C) groups is 1. The second-order valence-corrected chi connectivity index (χ2v) is 4.73. The summed E-state index contributed by atoms with van der Waals surface area (Å²) in [5.41, 5.74) is -1.87. The zero-order chi connectivity index (χ0) is 15.7. The molecule has 21 heavy (non-hydrogen) atoms. The van der Waals surface area contributed by atoms with E-state index in [4.69, 9.17) is 5.11 Å². The SMILES string of the molecule is Cc1c(F)c(F)cc(F)c1/C(O)=C(/C=NC1CC1)C(=O)O. The van der Waals surface area contributed by atoms with Crippen molar-refractivity contribution >= 4 is 17.9 Å². The molecule has 0 saturated heterocycles. The Labute approximate surface area is 118 Å². The number of hydrogen-bond acceptors (Lipinski definition) is 3. The fourth-order valence-electron chi connectivity index (χ4n) is 1.76. The summed E-state index contributed by atoms with van der Waals surface area (Å²) in [5, 5.41) is 19.0. The van der Waals surface area contributed by atoms with E-state index in [0.717, 1.165) is 26.0 Å². The zero-order valence-electron chi connectivity index (χ0n) is 11.0. The number of aliphatic carboxylic acids is 1. The smallest absolute Gasteiger partial charge is 0.341 e. The molecule has 0 radical (unpaired) electrons. The lowest BCUT2D eigenvalue weighted by atomic mass is 10.0. The summed E-state index contributed by atoms with van der Waals surface area (Å²) in [6.07, 6.45) is 2.53. The average molecular weight is 299 g/mol. The number of hydrogen-bond donors (Lipinski definition) is 2. The maximum absolute atomic E-state index is 13.7. The van der Waals surface area contributed by atoms with Crippen LogP contribution in [0.5, 0.6) is 0 Å². The molecule has 1 aromatic rings. The average Bonchev–Trinajstić information content (AvgIpc) is 3.20. The summed E-state index contributed by atoms with van der Waals surface area (Å²) in [4.78, 5) is 15.0. The molecule has 1 aliphatic carbocycles. The molecule has 0 heterocycles. The predicted octanol–water partition coefficient (Wildman–Crippen LogP) is 3.00. The van der Waals surface area contributed by atoms with Gasteiger partial charge in [-0.3, -0.25) is 4.99 Å². The van der Waals surface area contributed by atoms with Crippen molar-refractivity contribution in [2.45, 2.75) is 25.8 Å². The standard InChI is InChI=1S/C14H12F3NO3/c1-6-11(9(15)4-10(16)12(6)17)13(19)8(14(20)21)5-18-7-2-3-7/h4-5,7,19H,2-3H2,1H3,(H,20,21)/b13-8+,18-5?. The highest BCUT2D eigenvalue weighted by Crippen LogP contribution is 2.28. The number of carboxylic acid groups (broad SMARTS) is 1. The molecule has 0 spiro atoms. The quantitative estimate of drug-likeness (QED) is 0.388. The Bertz CT molecular complexity index is 664. The number of rotatable bonds is 4. The molecule has 1 aliphatic rings. The van der Waals surface area contributed by atoms with Crippen molar-refractivity contribution < 1.29 is 28.2 Å². The minimum Gasteiger partial charge on any atom is -0.506 e. The highest BCUT2D eigenvalue weighted by Gasteiger charge is 2.24. The topological polar surface area (TPSA) is 69.9 Å². The minimum atomic E-state index is -1.54. The fourth-order valence-corrected chi connectivity index (χ4v) is 1.76. The lowest BCUT2D eigenvalue weighted by Gasteiger charge is -2.10. The van der Waals surface area contributed by atoms with E-state index >= 15 is 0 Å². The van der Waals surface area contributed by atoms with Gasteiger partial charge in [0.25, 0.3) is 0 Å². The van der Waals surface area contributed by atoms with Crippen LogP contribution in [0.1, 0.15) is 24.0 Å². The van der Waals surface area contributed by atoms with Gasteiger partial charge in [0, 0.05) is 17.8 Å². The molecule has 7 heteroatoms. The Kier molecular flexibility index (Phi) is 4.02. The van der Waals surface area contributed by atoms with Crippen molar-refractivity contribution in [3.05, 3.63) is 40.2 Å². The van der Waals surface area contributed by atoms with Gasteiger partial charge < -0.3 is 10.2 Å². The van der Waals surface area contributed by atoms with Crippen molar-refractivity contribution in [3.63, 3.8) is 0 Å². The van der Waals surface area contributed by atoms with Crippen LogP contribution in [0, 0.1) is 24.4 Å². The van der Waals surface area contributed by atoms with Crippen molar-refractivity contribution in [2.75, 3.05) is 0 Å². The summed E-state index contributed by atoms with van der Waals surface area (Å²) in [7, 11) is 0. The van der Waals surface area contributed by atoms with E-state index in [2.05, 4.69) is 4.99 Å². The predicted molar refractivity (Wildman–Crippen MR) is 69.8 cm³/mol. The summed E-state index contributed by atoms with van der Waals surface area (Å²) in [6, 6.07) is 0.244. The van der Waals surface area contributed by atoms with Gasteiger partial charge in [0.1, 0.15) is 17.1 Å². The van der Waals surface area contributed by atoms with Crippen LogP contribution < -0.4 is 0 Å². The Morgan fingerprint density at radius 1 is 1.29 bits per heavy atom. The van der Waals surface area contributed by atoms with E-state index in [9.17, 15) is 23.1 Å². The lowest BCUT2D eigenvalue weighted by molar-refractivity contribution is -0.132. The first-order chi connectivity index (χ1) is 9.82. The zero-order valence-corrected chi connectivity index (χ0v) is 11.0. The molecule has 0 atom stereocenters. The summed E-state index contributed by atoms with van der Waals surface area (Å²) in [6.45, 7) is 1.05. The van der Waals surface area contributed by atoms with Gasteiger partial charge in [0.05, 0.1) is 11.6 Å². The van der Waals surface area contributed by atoms with Gasteiger partial charge >= 0.3 is 5.97 Å². The highest BCUT2D eigenvalue weighted by molar-refractivity contribution is 6.14. The van der Waals surface area contributed by atoms with Gasteiger partial charge in [-0.15, -0.1) is 0 Å². The molecule has 0 aromatic heterocycles. The number of benzene rings is 1. The van der Waals surface area contributed by atoms with Crippen molar-refractivity contribution in [1.82, 2.24) is 0 Å². The van der Waals surface area contributed by atoms with Crippen molar-refractivity contribution in [3.8, 4) is 0 Å². The number of carbonyl (C=O) groups is 1. The third-order valence-electron chi connectivity index (χ3n) is 3.09. The lowest BCUT2D eigenvalue weighted by Crippen LogP contribution is -2.09. The number of aliphatic hydroxyl groups is 1. The van der Waals surface area contributed by atoms with Crippen LogP contribution in [0.3, 0.4) is 0 Å². The number of nitrogens with zero attached hydrogens (tertiary/aromatic N) is 1. The van der Waals surface area contributed by atoms with Crippen LogP contribution in [0.2, 0.25) is 0 Å². The first-order valence-electron chi connectivity index (χ1n) is 6.17. The molecule has 2 rings (SSSR count). The molecule has 4 nitrogen and oxygen atoms in total. The van der Waals surface area contributed by atoms with Gasteiger partial charge in [-0.25, -0.2) is 18.0 Å². The molecule has 0 amide bonds. The molecule has 2 N–H and O–H groups in total. The third kappa shape index (κ3) is 3.07. The van der Waals surface area contributed by atoms with Crippen molar-refractivity contribution in [1.29, 1.82) is 0 Å². The molecular weight excluding hydrogens is 287 g/mol. The van der Waals surface area contributed by atoms with E-state index < -0.39 is 45.9 Å². The Morgan fingerprint density at radius 2 is 1.90 bits per heavy atom. The molecule has 0 aliphatic heterocycles. The van der Waals surface area contributed by atoms with Crippen LogP contribution in [0.25, 0.3) is 5.76 Å².